The van der Waals surface area contributed by atoms with Gasteiger partial charge in [0.1, 0.15) is 11.5 Å². The van der Waals surface area contributed by atoms with Crippen molar-refractivity contribution < 1.29 is 9.18 Å². The lowest BCUT2D eigenvalue weighted by molar-refractivity contribution is 0.0949. The van der Waals surface area contributed by atoms with E-state index in [1.165, 1.54) is 12.1 Å². The van der Waals surface area contributed by atoms with E-state index >= 15 is 0 Å². The fourth-order valence-electron chi connectivity index (χ4n) is 3.26. The lowest BCUT2D eigenvalue weighted by Crippen LogP contribution is -2.24. The van der Waals surface area contributed by atoms with E-state index in [1.807, 2.05) is 42.6 Å². The lowest BCUT2D eigenvalue weighted by atomic mass is 10.2. The van der Waals surface area contributed by atoms with Gasteiger partial charge in [0.25, 0.3) is 5.91 Å². The number of amides is 1. The second kappa shape index (κ2) is 7.26. The minimum Gasteiger partial charge on any atom is -0.346 e. The van der Waals surface area contributed by atoms with Crippen LogP contribution in [0.25, 0.3) is 11.3 Å². The van der Waals surface area contributed by atoms with Crippen molar-refractivity contribution in [1.29, 1.82) is 0 Å². The molecule has 142 valence electrons. The Morgan fingerprint density at radius 3 is 2.68 bits per heavy atom. The summed E-state index contributed by atoms with van der Waals surface area (Å²) < 4.78 is 16.8. The molecule has 3 heterocycles. The number of aromatic nitrogens is 4. The van der Waals surface area contributed by atoms with E-state index < -0.39 is 0 Å². The molecule has 0 aliphatic rings. The van der Waals surface area contributed by atoms with Crippen LogP contribution in [0, 0.1) is 12.7 Å². The molecule has 0 spiro atoms. The number of fused-ring (bicyclic) bond motifs is 1. The first kappa shape index (κ1) is 17.9. The zero-order valence-corrected chi connectivity index (χ0v) is 15.7. The van der Waals surface area contributed by atoms with Gasteiger partial charge in [-0.15, -0.1) is 0 Å². The van der Waals surface area contributed by atoms with Gasteiger partial charge in [0.15, 0.2) is 0 Å². The average Bonchev–Trinajstić information content (AvgIpc) is 3.31. The van der Waals surface area contributed by atoms with Crippen molar-refractivity contribution in [2.45, 2.75) is 26.8 Å². The molecule has 4 rings (SSSR count). The van der Waals surface area contributed by atoms with Gasteiger partial charge in [-0.3, -0.25) is 4.79 Å². The molecule has 7 heteroatoms. The van der Waals surface area contributed by atoms with Crippen LogP contribution >= 0.6 is 0 Å². The van der Waals surface area contributed by atoms with Crippen molar-refractivity contribution in [3.05, 3.63) is 83.3 Å². The number of aryl methyl sites for hydroxylation is 1. The van der Waals surface area contributed by atoms with Gasteiger partial charge < -0.3 is 9.72 Å². The minimum atomic E-state index is -0.311. The number of nitrogens with one attached hydrogen (secondary N) is 1. The number of benzene rings is 1. The summed E-state index contributed by atoms with van der Waals surface area (Å²) in [5.74, 6) is -0.520. The second-order valence-electron chi connectivity index (χ2n) is 6.56. The highest BCUT2D eigenvalue weighted by Crippen LogP contribution is 2.17. The average molecular weight is 377 g/mol. The first-order chi connectivity index (χ1) is 13.6. The maximum Gasteiger partial charge on any atom is 0.255 e. The van der Waals surface area contributed by atoms with Crippen molar-refractivity contribution in [1.82, 2.24) is 24.5 Å². The van der Waals surface area contributed by atoms with Gasteiger partial charge in [-0.1, -0.05) is 13.0 Å². The molecule has 6 nitrogen and oxygen atoms in total. The van der Waals surface area contributed by atoms with Gasteiger partial charge in [-0.05, 0) is 49.7 Å². The first-order valence-electron chi connectivity index (χ1n) is 9.11. The van der Waals surface area contributed by atoms with Crippen molar-refractivity contribution in [2.75, 3.05) is 0 Å². The highest BCUT2D eigenvalue weighted by molar-refractivity contribution is 5.95. The van der Waals surface area contributed by atoms with Crippen molar-refractivity contribution in [3.63, 3.8) is 0 Å². The van der Waals surface area contributed by atoms with E-state index in [4.69, 9.17) is 0 Å². The van der Waals surface area contributed by atoms with E-state index in [-0.39, 0.29) is 11.7 Å². The molecule has 0 saturated heterocycles. The molecular formula is C21H20FN5O. The maximum absolute atomic E-state index is 13.2. The number of imidazole rings is 1. The van der Waals surface area contributed by atoms with Crippen LogP contribution < -0.4 is 5.32 Å². The Labute approximate surface area is 161 Å². The Kier molecular flexibility index (Phi) is 4.65. The third-order valence-corrected chi connectivity index (χ3v) is 4.70. The normalized spacial score (nSPS) is 11.1. The summed E-state index contributed by atoms with van der Waals surface area (Å²) in [6, 6.07) is 11.9. The van der Waals surface area contributed by atoms with Gasteiger partial charge in [-0.2, -0.15) is 5.10 Å². The number of hydrogen-bond donors (Lipinski definition) is 1. The van der Waals surface area contributed by atoms with E-state index in [2.05, 4.69) is 15.4 Å². The Morgan fingerprint density at radius 2 is 1.96 bits per heavy atom. The highest BCUT2D eigenvalue weighted by atomic mass is 19.1. The summed E-state index contributed by atoms with van der Waals surface area (Å²) in [5.41, 5.74) is 4.71. The molecule has 0 atom stereocenters. The number of rotatable bonds is 5. The van der Waals surface area contributed by atoms with Gasteiger partial charge >= 0.3 is 0 Å². The largest absolute Gasteiger partial charge is 0.346 e. The number of carbonyl (C=O) groups is 1. The molecule has 0 fully saturated rings. The van der Waals surface area contributed by atoms with E-state index in [9.17, 15) is 9.18 Å². The standard InChI is InChI=1S/C21H20FN5O/c1-3-19-18(12-24-27(19)17-9-7-15(22)8-10-17)21(28)23-11-16-13-26-14(2)5-4-6-20(26)25-16/h4-10,12-13H,3,11H2,1-2H3,(H,23,28). The molecule has 0 saturated carbocycles. The van der Waals surface area contributed by atoms with Gasteiger partial charge in [-0.25, -0.2) is 14.1 Å². The monoisotopic (exact) mass is 377 g/mol. The van der Waals surface area contributed by atoms with Crippen molar-refractivity contribution in [3.8, 4) is 5.69 Å². The first-order valence-corrected chi connectivity index (χ1v) is 9.11. The molecular weight excluding hydrogens is 357 g/mol. The second-order valence-corrected chi connectivity index (χ2v) is 6.56. The molecule has 1 amide bonds. The summed E-state index contributed by atoms with van der Waals surface area (Å²) in [7, 11) is 0. The number of nitrogens with zero attached hydrogens (tertiary/aromatic N) is 4. The number of carbonyl (C=O) groups excluding carboxylic acids is 1. The molecule has 0 unspecified atom stereocenters. The van der Waals surface area contributed by atoms with Gasteiger partial charge in [0.05, 0.1) is 35.4 Å². The van der Waals surface area contributed by atoms with Crippen LogP contribution in [-0.4, -0.2) is 25.1 Å². The zero-order valence-electron chi connectivity index (χ0n) is 15.7. The summed E-state index contributed by atoms with van der Waals surface area (Å²) in [6.45, 7) is 4.29. The van der Waals surface area contributed by atoms with Crippen LogP contribution in [0.4, 0.5) is 4.39 Å². The van der Waals surface area contributed by atoms with Crippen LogP contribution in [0.3, 0.4) is 0 Å². The smallest absolute Gasteiger partial charge is 0.255 e. The van der Waals surface area contributed by atoms with Crippen LogP contribution in [-0.2, 0) is 13.0 Å². The zero-order chi connectivity index (χ0) is 19.7. The predicted molar refractivity (Wildman–Crippen MR) is 104 cm³/mol. The Morgan fingerprint density at radius 1 is 1.18 bits per heavy atom. The molecule has 0 aliphatic carbocycles. The molecule has 1 N–H and O–H groups in total. The predicted octanol–water partition coefficient (Wildman–Crippen LogP) is 3.46. The molecule has 0 aliphatic heterocycles. The third-order valence-electron chi connectivity index (χ3n) is 4.70. The Hall–Kier alpha value is -3.48. The van der Waals surface area contributed by atoms with Crippen LogP contribution in [0.5, 0.6) is 0 Å². The van der Waals surface area contributed by atoms with E-state index in [0.29, 0.717) is 24.2 Å². The summed E-state index contributed by atoms with van der Waals surface area (Å²) in [6.07, 6.45) is 4.09. The fraction of sp³-hybridized carbons (Fsp3) is 0.190. The van der Waals surface area contributed by atoms with Gasteiger partial charge in [0, 0.05) is 11.9 Å². The van der Waals surface area contributed by atoms with E-state index in [1.54, 1.807) is 23.0 Å². The highest BCUT2D eigenvalue weighted by Gasteiger charge is 2.17. The topological polar surface area (TPSA) is 64.2 Å². The minimum absolute atomic E-state index is 0.209. The summed E-state index contributed by atoms with van der Waals surface area (Å²) >= 11 is 0. The summed E-state index contributed by atoms with van der Waals surface area (Å²) in [4.78, 5) is 17.3. The van der Waals surface area contributed by atoms with Crippen molar-refractivity contribution >= 4 is 11.6 Å². The van der Waals surface area contributed by atoms with Crippen LogP contribution in [0.15, 0.2) is 54.9 Å². The van der Waals surface area contributed by atoms with Crippen LogP contribution in [0.2, 0.25) is 0 Å². The fourth-order valence-corrected chi connectivity index (χ4v) is 3.26. The van der Waals surface area contributed by atoms with Gasteiger partial charge in [0.2, 0.25) is 0 Å². The lowest BCUT2D eigenvalue weighted by Gasteiger charge is -2.08. The number of pyridine rings is 1. The summed E-state index contributed by atoms with van der Waals surface area (Å²) in [5, 5.41) is 7.24. The number of halogens is 1. The van der Waals surface area contributed by atoms with E-state index in [0.717, 1.165) is 22.7 Å². The number of hydrogen-bond acceptors (Lipinski definition) is 3. The molecule has 4 aromatic rings. The Bertz CT molecular complexity index is 1140. The molecule has 3 aromatic heterocycles. The third kappa shape index (κ3) is 3.26. The van der Waals surface area contributed by atoms with Crippen molar-refractivity contribution in [2.24, 2.45) is 0 Å². The quantitative estimate of drug-likeness (QED) is 0.579. The SMILES string of the molecule is CCc1c(C(=O)NCc2cn3c(C)cccc3n2)cnn1-c1ccc(F)cc1. The molecule has 0 bridgehead atoms. The molecule has 0 radical (unpaired) electrons. The molecule has 28 heavy (non-hydrogen) atoms. The molecule has 1 aromatic carbocycles. The maximum atomic E-state index is 13.2. The van der Waals surface area contributed by atoms with Crippen LogP contribution in [0.1, 0.15) is 34.4 Å². The Balaban J connectivity index is 1.54.